The molecule has 0 aliphatic carbocycles. The molecule has 0 unspecified atom stereocenters. The number of hydrogen-bond donors (Lipinski definition) is 0. The molecule has 1 aromatic carbocycles. The van der Waals surface area contributed by atoms with Gasteiger partial charge in [0, 0.05) is 5.56 Å². The van der Waals surface area contributed by atoms with Crippen molar-refractivity contribution in [2.75, 3.05) is 7.11 Å². The molecule has 0 fully saturated rings. The average molecular weight is 356 g/mol. The maximum atomic E-state index is 11.9. The molecule has 0 aliphatic rings. The van der Waals surface area contributed by atoms with Gasteiger partial charge in [-0.05, 0) is 35.7 Å². The van der Waals surface area contributed by atoms with Crippen molar-refractivity contribution in [3.63, 3.8) is 0 Å². The van der Waals surface area contributed by atoms with Crippen molar-refractivity contribution in [3.05, 3.63) is 58.2 Å². The summed E-state index contributed by atoms with van der Waals surface area (Å²) >= 11 is 1.44. The van der Waals surface area contributed by atoms with Crippen LogP contribution in [0, 0.1) is 0 Å². The molecular weight excluding hydrogens is 344 g/mol. The van der Waals surface area contributed by atoms with Crippen molar-refractivity contribution in [1.82, 2.24) is 19.9 Å². The van der Waals surface area contributed by atoms with E-state index in [1.807, 2.05) is 29.6 Å². The van der Waals surface area contributed by atoms with Crippen LogP contribution in [0.5, 0.6) is 5.75 Å². The minimum absolute atomic E-state index is 0.0629. The zero-order chi connectivity index (χ0) is 17.2. The first-order chi connectivity index (χ1) is 12.2. The predicted octanol–water partition coefficient (Wildman–Crippen LogP) is 2.67. The molecule has 0 spiro atoms. The molecule has 126 valence electrons. The van der Waals surface area contributed by atoms with E-state index >= 15 is 0 Å². The van der Waals surface area contributed by atoms with Crippen LogP contribution in [0.25, 0.3) is 22.2 Å². The van der Waals surface area contributed by atoms with Crippen molar-refractivity contribution in [2.45, 2.75) is 6.54 Å². The zero-order valence-corrected chi connectivity index (χ0v) is 13.9. The molecule has 9 heteroatoms. The smallest absolute Gasteiger partial charge is 0.437 e. The van der Waals surface area contributed by atoms with Crippen LogP contribution in [0.4, 0.5) is 0 Å². The Hall–Kier alpha value is -3.20. The van der Waals surface area contributed by atoms with Crippen LogP contribution in [0.2, 0.25) is 0 Å². The molecule has 8 nitrogen and oxygen atoms in total. The summed E-state index contributed by atoms with van der Waals surface area (Å²) in [6.45, 7) is 0.0629. The maximum absolute atomic E-state index is 11.9. The molecule has 0 aliphatic heterocycles. The Morgan fingerprint density at radius 3 is 2.76 bits per heavy atom. The summed E-state index contributed by atoms with van der Waals surface area (Å²) in [4.78, 5) is 17.0. The van der Waals surface area contributed by atoms with Gasteiger partial charge >= 0.3 is 5.76 Å². The summed E-state index contributed by atoms with van der Waals surface area (Å²) in [5.74, 6) is 1.13. The fourth-order valence-corrected chi connectivity index (χ4v) is 2.85. The lowest BCUT2D eigenvalue weighted by Gasteiger charge is -1.98. The molecule has 25 heavy (non-hydrogen) atoms. The van der Waals surface area contributed by atoms with Gasteiger partial charge in [0.15, 0.2) is 5.82 Å². The number of ether oxygens (including phenoxy) is 1. The van der Waals surface area contributed by atoms with E-state index in [0.717, 1.165) is 20.9 Å². The summed E-state index contributed by atoms with van der Waals surface area (Å²) in [6, 6.07) is 10.9. The lowest BCUT2D eigenvalue weighted by atomic mass is 10.2. The van der Waals surface area contributed by atoms with E-state index in [4.69, 9.17) is 13.7 Å². The van der Waals surface area contributed by atoms with Gasteiger partial charge in [-0.25, -0.2) is 4.79 Å². The van der Waals surface area contributed by atoms with Crippen LogP contribution >= 0.6 is 11.3 Å². The lowest BCUT2D eigenvalue weighted by Crippen LogP contribution is -2.17. The van der Waals surface area contributed by atoms with Crippen LogP contribution < -0.4 is 10.5 Å². The first-order valence-electron chi connectivity index (χ1n) is 7.32. The second-order valence-electron chi connectivity index (χ2n) is 5.05. The topological polar surface area (TPSA) is 96.2 Å². The zero-order valence-electron chi connectivity index (χ0n) is 13.1. The summed E-state index contributed by atoms with van der Waals surface area (Å²) in [6.07, 6.45) is 0. The van der Waals surface area contributed by atoms with Crippen molar-refractivity contribution in [2.24, 2.45) is 0 Å². The third kappa shape index (κ3) is 3.09. The number of thiophene rings is 1. The second-order valence-corrected chi connectivity index (χ2v) is 6.00. The van der Waals surface area contributed by atoms with Crippen molar-refractivity contribution < 1.29 is 13.7 Å². The van der Waals surface area contributed by atoms with Crippen molar-refractivity contribution >= 4 is 11.3 Å². The largest absolute Gasteiger partial charge is 0.497 e. The normalized spacial score (nSPS) is 10.9. The molecule has 0 saturated carbocycles. The molecule has 0 saturated heterocycles. The highest BCUT2D eigenvalue weighted by Crippen LogP contribution is 2.22. The second kappa shape index (κ2) is 6.36. The molecule has 0 N–H and O–H groups in total. The van der Waals surface area contributed by atoms with Gasteiger partial charge in [0.05, 0.1) is 12.0 Å². The molecule has 0 atom stereocenters. The average Bonchev–Trinajstić information content (AvgIpc) is 3.37. The first kappa shape index (κ1) is 15.3. The monoisotopic (exact) mass is 356 g/mol. The third-order valence-electron chi connectivity index (χ3n) is 3.43. The Kier molecular flexibility index (Phi) is 3.90. The van der Waals surface area contributed by atoms with E-state index < -0.39 is 5.76 Å². The van der Waals surface area contributed by atoms with E-state index in [2.05, 4.69) is 15.2 Å². The minimum Gasteiger partial charge on any atom is -0.497 e. The van der Waals surface area contributed by atoms with Gasteiger partial charge in [0.1, 0.15) is 12.3 Å². The van der Waals surface area contributed by atoms with E-state index in [9.17, 15) is 4.79 Å². The highest BCUT2D eigenvalue weighted by atomic mass is 32.1. The summed E-state index contributed by atoms with van der Waals surface area (Å²) in [5.41, 5.74) is 0.756. The van der Waals surface area contributed by atoms with Crippen LogP contribution in [-0.2, 0) is 6.54 Å². The molecular formula is C16H12N4O4S. The van der Waals surface area contributed by atoms with Gasteiger partial charge in [-0.15, -0.1) is 16.4 Å². The highest BCUT2D eigenvalue weighted by Gasteiger charge is 2.15. The van der Waals surface area contributed by atoms with Gasteiger partial charge in [-0.1, -0.05) is 11.2 Å². The van der Waals surface area contributed by atoms with Gasteiger partial charge in [0.25, 0.3) is 11.8 Å². The van der Waals surface area contributed by atoms with E-state index in [0.29, 0.717) is 11.7 Å². The Bertz CT molecular complexity index is 1030. The molecule has 4 aromatic rings. The quantitative estimate of drug-likeness (QED) is 0.542. The Balaban J connectivity index is 1.56. The lowest BCUT2D eigenvalue weighted by molar-refractivity contribution is 0.412. The molecule has 3 aromatic heterocycles. The van der Waals surface area contributed by atoms with E-state index in [1.54, 1.807) is 19.2 Å². The fraction of sp³-hybridized carbons (Fsp3) is 0.125. The molecule has 0 bridgehead atoms. The summed E-state index contributed by atoms with van der Waals surface area (Å²) in [5, 5.41) is 9.93. The van der Waals surface area contributed by atoms with Crippen LogP contribution in [0.15, 0.2) is 55.5 Å². The van der Waals surface area contributed by atoms with Gasteiger partial charge in [-0.2, -0.15) is 9.67 Å². The summed E-state index contributed by atoms with van der Waals surface area (Å²) in [7, 11) is 1.60. The maximum Gasteiger partial charge on any atom is 0.437 e. The summed E-state index contributed by atoms with van der Waals surface area (Å²) < 4.78 is 16.7. The van der Waals surface area contributed by atoms with Gasteiger partial charge < -0.3 is 13.7 Å². The first-order valence-corrected chi connectivity index (χ1v) is 8.20. The molecule has 0 amide bonds. The standard InChI is InChI=1S/C16H12N4O4S/c1-22-11-6-4-10(5-7-11)14-17-13(19-24-14)9-20-16(21)23-15(18-20)12-3-2-8-25-12/h2-8H,9H2,1H3. The van der Waals surface area contributed by atoms with Crippen LogP contribution in [0.1, 0.15) is 5.82 Å². The third-order valence-corrected chi connectivity index (χ3v) is 4.29. The fourth-order valence-electron chi connectivity index (χ4n) is 2.21. The Morgan fingerprint density at radius 1 is 1.20 bits per heavy atom. The Labute approximate surface area is 145 Å². The van der Waals surface area contributed by atoms with Crippen molar-refractivity contribution in [1.29, 1.82) is 0 Å². The Morgan fingerprint density at radius 2 is 2.04 bits per heavy atom. The SMILES string of the molecule is COc1ccc(-c2nc(Cn3nc(-c4cccs4)oc3=O)no2)cc1. The predicted molar refractivity (Wildman–Crippen MR) is 89.5 cm³/mol. The number of nitrogens with zero attached hydrogens (tertiary/aromatic N) is 4. The minimum atomic E-state index is -0.570. The molecule has 4 rings (SSSR count). The molecule has 0 radical (unpaired) electrons. The number of hydrogen-bond acceptors (Lipinski definition) is 8. The van der Waals surface area contributed by atoms with Crippen LogP contribution in [0.3, 0.4) is 0 Å². The highest BCUT2D eigenvalue weighted by molar-refractivity contribution is 7.13. The number of methoxy groups -OCH3 is 1. The van der Waals surface area contributed by atoms with Crippen LogP contribution in [-0.4, -0.2) is 27.0 Å². The van der Waals surface area contributed by atoms with Gasteiger partial charge in [-0.3, -0.25) is 0 Å². The number of aromatic nitrogens is 4. The van der Waals surface area contributed by atoms with Crippen molar-refractivity contribution in [3.8, 4) is 28.0 Å². The van der Waals surface area contributed by atoms with E-state index in [-0.39, 0.29) is 12.4 Å². The number of benzene rings is 1. The molecule has 3 heterocycles. The van der Waals surface area contributed by atoms with Gasteiger partial charge in [0.2, 0.25) is 0 Å². The van der Waals surface area contributed by atoms with E-state index in [1.165, 1.54) is 11.3 Å². The number of rotatable bonds is 5.